The van der Waals surface area contributed by atoms with Crippen molar-refractivity contribution in [2.75, 3.05) is 30.4 Å². The van der Waals surface area contributed by atoms with E-state index in [1.165, 1.54) is 12.8 Å². The molecule has 118 valence electrons. The van der Waals surface area contributed by atoms with Crippen molar-refractivity contribution in [3.63, 3.8) is 0 Å². The number of nitrogens with zero attached hydrogens (tertiary/aromatic N) is 3. The largest absolute Gasteiger partial charge is 0.433 e. The van der Waals surface area contributed by atoms with Gasteiger partial charge in [0.1, 0.15) is 5.82 Å². The Morgan fingerprint density at radius 2 is 2.10 bits per heavy atom. The summed E-state index contributed by atoms with van der Waals surface area (Å²) in [6, 6.07) is 1.50. The summed E-state index contributed by atoms with van der Waals surface area (Å²) in [5, 5.41) is 2.89. The van der Waals surface area contributed by atoms with Crippen molar-refractivity contribution < 1.29 is 13.2 Å². The van der Waals surface area contributed by atoms with Crippen molar-refractivity contribution in [3.05, 3.63) is 11.8 Å². The van der Waals surface area contributed by atoms with Crippen LogP contribution in [0.5, 0.6) is 0 Å². The van der Waals surface area contributed by atoms with Crippen LogP contribution in [0.3, 0.4) is 0 Å². The molecule has 0 aromatic carbocycles. The highest BCUT2D eigenvalue weighted by Crippen LogP contribution is 2.29. The summed E-state index contributed by atoms with van der Waals surface area (Å²) in [5.74, 6) is 4.95. The Kier molecular flexibility index (Phi) is 4.84. The maximum absolute atomic E-state index is 12.7. The smallest absolute Gasteiger partial charge is 0.369 e. The average Bonchev–Trinajstić information content (AvgIpc) is 3.27. The second kappa shape index (κ2) is 6.44. The van der Waals surface area contributed by atoms with Crippen molar-refractivity contribution >= 4 is 11.8 Å². The molecule has 9 heteroatoms. The molecular formula is C12H19F3N6. The lowest BCUT2D eigenvalue weighted by Gasteiger charge is -2.20. The molecule has 1 aromatic heterocycles. The fourth-order valence-corrected chi connectivity index (χ4v) is 2.11. The third-order valence-electron chi connectivity index (χ3n) is 3.32. The third kappa shape index (κ3) is 4.43. The van der Waals surface area contributed by atoms with E-state index >= 15 is 0 Å². The molecule has 2 rings (SSSR count). The van der Waals surface area contributed by atoms with E-state index in [0.29, 0.717) is 12.6 Å². The predicted octanol–water partition coefficient (Wildman–Crippen LogP) is 1.68. The Morgan fingerprint density at radius 3 is 2.62 bits per heavy atom. The maximum Gasteiger partial charge on any atom is 0.433 e. The quantitative estimate of drug-likeness (QED) is 0.525. The van der Waals surface area contributed by atoms with Crippen molar-refractivity contribution in [2.45, 2.75) is 32.0 Å². The third-order valence-corrected chi connectivity index (χ3v) is 3.32. The fraction of sp³-hybridized carbons (Fsp3) is 0.667. The molecule has 0 saturated heterocycles. The summed E-state index contributed by atoms with van der Waals surface area (Å²) >= 11 is 0. The Hall–Kier alpha value is -1.61. The van der Waals surface area contributed by atoms with Gasteiger partial charge in [0, 0.05) is 25.2 Å². The Balaban J connectivity index is 1.98. The topological polar surface area (TPSA) is 79.1 Å². The van der Waals surface area contributed by atoms with E-state index in [1.807, 2.05) is 5.43 Å². The SMILES string of the molecule is CCN(CCNc1cc(C(F)(F)F)nc(NN)n1)C1CC1. The number of hydrogen-bond donors (Lipinski definition) is 3. The number of nitrogens with one attached hydrogen (secondary N) is 2. The number of halogens is 3. The lowest BCUT2D eigenvalue weighted by atomic mass is 10.3. The van der Waals surface area contributed by atoms with Crippen LogP contribution < -0.4 is 16.6 Å². The van der Waals surface area contributed by atoms with Crippen molar-refractivity contribution in [2.24, 2.45) is 5.84 Å². The van der Waals surface area contributed by atoms with Gasteiger partial charge in [-0.1, -0.05) is 6.92 Å². The normalized spacial score (nSPS) is 15.3. The van der Waals surface area contributed by atoms with Gasteiger partial charge in [0.05, 0.1) is 0 Å². The molecule has 1 heterocycles. The minimum Gasteiger partial charge on any atom is -0.369 e. The molecule has 0 atom stereocenters. The number of nitrogens with two attached hydrogens (primary N) is 1. The molecular weight excluding hydrogens is 285 g/mol. The predicted molar refractivity (Wildman–Crippen MR) is 73.6 cm³/mol. The summed E-state index contributed by atoms with van der Waals surface area (Å²) in [6.07, 6.45) is -2.14. The second-order valence-electron chi connectivity index (χ2n) is 4.89. The molecule has 21 heavy (non-hydrogen) atoms. The number of hydrogen-bond acceptors (Lipinski definition) is 6. The number of alkyl halides is 3. The van der Waals surface area contributed by atoms with Crippen LogP contribution in [0.4, 0.5) is 24.9 Å². The van der Waals surface area contributed by atoms with Gasteiger partial charge in [-0.15, -0.1) is 0 Å². The Labute approximate surface area is 120 Å². The van der Waals surface area contributed by atoms with E-state index < -0.39 is 11.9 Å². The van der Waals surface area contributed by atoms with E-state index in [-0.39, 0.29) is 11.8 Å². The summed E-state index contributed by atoms with van der Waals surface area (Å²) < 4.78 is 38.1. The first-order valence-corrected chi connectivity index (χ1v) is 6.85. The van der Waals surface area contributed by atoms with Gasteiger partial charge >= 0.3 is 6.18 Å². The highest BCUT2D eigenvalue weighted by Gasteiger charge is 2.33. The van der Waals surface area contributed by atoms with E-state index in [0.717, 1.165) is 19.2 Å². The molecule has 1 aliphatic rings. The summed E-state index contributed by atoms with van der Waals surface area (Å²) in [6.45, 7) is 4.28. The number of likely N-dealkylation sites (N-methyl/N-ethyl adjacent to an activating group) is 1. The zero-order valence-electron chi connectivity index (χ0n) is 11.7. The molecule has 1 aliphatic carbocycles. The van der Waals surface area contributed by atoms with E-state index in [4.69, 9.17) is 5.84 Å². The first-order chi connectivity index (χ1) is 9.94. The van der Waals surface area contributed by atoms with Crippen LogP contribution >= 0.6 is 0 Å². The molecule has 0 unspecified atom stereocenters. The molecule has 0 amide bonds. The van der Waals surface area contributed by atoms with E-state index in [1.54, 1.807) is 0 Å². The molecule has 0 spiro atoms. The highest BCUT2D eigenvalue weighted by molar-refractivity contribution is 5.42. The van der Waals surface area contributed by atoms with Gasteiger partial charge in [0.25, 0.3) is 0 Å². The summed E-state index contributed by atoms with van der Waals surface area (Å²) in [4.78, 5) is 9.46. The Morgan fingerprint density at radius 1 is 1.38 bits per heavy atom. The van der Waals surface area contributed by atoms with Gasteiger partial charge in [-0.05, 0) is 19.4 Å². The van der Waals surface area contributed by atoms with Crippen LogP contribution in [0.2, 0.25) is 0 Å². The van der Waals surface area contributed by atoms with Crippen LogP contribution in [0.15, 0.2) is 6.07 Å². The second-order valence-corrected chi connectivity index (χ2v) is 4.89. The molecule has 4 N–H and O–H groups in total. The molecule has 0 radical (unpaired) electrons. The number of anilines is 2. The maximum atomic E-state index is 12.7. The number of aromatic nitrogens is 2. The van der Waals surface area contributed by atoms with Crippen LogP contribution in [0.1, 0.15) is 25.5 Å². The fourth-order valence-electron chi connectivity index (χ4n) is 2.11. The van der Waals surface area contributed by atoms with Gasteiger partial charge in [-0.2, -0.15) is 18.2 Å². The average molecular weight is 304 g/mol. The van der Waals surface area contributed by atoms with Gasteiger partial charge < -0.3 is 5.32 Å². The van der Waals surface area contributed by atoms with Crippen LogP contribution in [-0.4, -0.2) is 40.5 Å². The molecule has 1 fully saturated rings. The summed E-state index contributed by atoms with van der Waals surface area (Å²) in [5.41, 5.74) is 1.02. The number of nitrogen functional groups attached to an aromatic ring is 1. The van der Waals surface area contributed by atoms with E-state index in [2.05, 4.69) is 27.1 Å². The lowest BCUT2D eigenvalue weighted by molar-refractivity contribution is -0.141. The first kappa shape index (κ1) is 15.8. The standard InChI is InChI=1S/C12H19F3N6/c1-2-21(8-3-4-8)6-5-17-10-7-9(12(13,14)15)18-11(19-10)20-16/h7-8H,2-6,16H2,1H3,(H2,17,18,19,20). The molecule has 0 aliphatic heterocycles. The minimum absolute atomic E-state index is 0.108. The minimum atomic E-state index is -4.53. The zero-order chi connectivity index (χ0) is 15.5. The number of hydrazine groups is 1. The van der Waals surface area contributed by atoms with Crippen molar-refractivity contribution in [1.29, 1.82) is 0 Å². The van der Waals surface area contributed by atoms with Gasteiger partial charge in [0.15, 0.2) is 5.69 Å². The van der Waals surface area contributed by atoms with Gasteiger partial charge in [-0.3, -0.25) is 10.3 Å². The lowest BCUT2D eigenvalue weighted by Crippen LogP contribution is -2.31. The Bertz CT molecular complexity index is 475. The van der Waals surface area contributed by atoms with Gasteiger partial charge in [0.2, 0.25) is 5.95 Å². The summed E-state index contributed by atoms with van der Waals surface area (Å²) in [7, 11) is 0. The zero-order valence-corrected chi connectivity index (χ0v) is 11.7. The van der Waals surface area contributed by atoms with Crippen molar-refractivity contribution in [1.82, 2.24) is 14.9 Å². The van der Waals surface area contributed by atoms with Crippen LogP contribution in [0, 0.1) is 0 Å². The molecule has 1 aromatic rings. The van der Waals surface area contributed by atoms with Gasteiger partial charge in [-0.25, -0.2) is 10.8 Å². The van der Waals surface area contributed by atoms with E-state index in [9.17, 15) is 13.2 Å². The van der Waals surface area contributed by atoms with Crippen LogP contribution in [-0.2, 0) is 6.18 Å². The molecule has 1 saturated carbocycles. The molecule has 6 nitrogen and oxygen atoms in total. The first-order valence-electron chi connectivity index (χ1n) is 6.85. The van der Waals surface area contributed by atoms with Crippen molar-refractivity contribution in [3.8, 4) is 0 Å². The highest BCUT2D eigenvalue weighted by atomic mass is 19.4. The monoisotopic (exact) mass is 304 g/mol. The molecule has 0 bridgehead atoms. The van der Waals surface area contributed by atoms with Crippen LogP contribution in [0.25, 0.3) is 0 Å². The number of rotatable bonds is 7.